The normalized spacial score (nSPS) is 19.6. The number of aromatic nitrogens is 2. The largest absolute Gasteiger partial charge is 0.465 e. The van der Waals surface area contributed by atoms with Crippen LogP contribution in [-0.4, -0.2) is 27.5 Å². The summed E-state index contributed by atoms with van der Waals surface area (Å²) in [5, 5.41) is 18.4. The highest BCUT2D eigenvalue weighted by Gasteiger charge is 2.23. The lowest BCUT2D eigenvalue weighted by Gasteiger charge is -2.22. The molecule has 1 aliphatic rings. The molecule has 0 saturated carbocycles. The zero-order valence-corrected chi connectivity index (χ0v) is 7.82. The minimum atomic E-state index is -0.994. The molecule has 3 N–H and O–H groups in total. The van der Waals surface area contributed by atoms with Crippen LogP contribution in [0.4, 0.5) is 10.6 Å². The Hall–Kier alpha value is -1.72. The van der Waals surface area contributed by atoms with Crippen LogP contribution in [0.2, 0.25) is 0 Å². The summed E-state index contributed by atoms with van der Waals surface area (Å²) in [4.78, 5) is 10.5. The number of hydrogen-bond acceptors (Lipinski definition) is 3. The highest BCUT2D eigenvalue weighted by Crippen LogP contribution is 2.27. The van der Waals surface area contributed by atoms with Gasteiger partial charge in [0.25, 0.3) is 0 Å². The molecule has 1 aromatic rings. The van der Waals surface area contributed by atoms with E-state index in [4.69, 9.17) is 5.11 Å². The van der Waals surface area contributed by atoms with Gasteiger partial charge in [0.05, 0.1) is 6.04 Å². The van der Waals surface area contributed by atoms with Crippen molar-refractivity contribution in [3.05, 3.63) is 11.8 Å². The molecule has 0 aliphatic carbocycles. The standard InChI is InChI=1S/C8H12N4O2/c1-12-4-5-6(10-8(13)14)2-3-9-7(5)11-12/h4,6,10H,2-3H2,1H3,(H,9,11)(H,13,14). The Balaban J connectivity index is 2.25. The van der Waals surface area contributed by atoms with Gasteiger partial charge in [0.2, 0.25) is 0 Å². The van der Waals surface area contributed by atoms with Crippen molar-refractivity contribution in [3.63, 3.8) is 0 Å². The molecule has 0 fully saturated rings. The van der Waals surface area contributed by atoms with Crippen molar-refractivity contribution >= 4 is 11.9 Å². The molecule has 1 aromatic heterocycles. The predicted octanol–water partition coefficient (Wildman–Crippen LogP) is 0.544. The highest BCUT2D eigenvalue weighted by molar-refractivity contribution is 5.66. The fourth-order valence-electron chi connectivity index (χ4n) is 1.69. The van der Waals surface area contributed by atoms with Crippen molar-refractivity contribution in [2.24, 2.45) is 7.05 Å². The van der Waals surface area contributed by atoms with Gasteiger partial charge in [-0.2, -0.15) is 5.10 Å². The number of nitrogens with zero attached hydrogens (tertiary/aromatic N) is 2. The maximum atomic E-state index is 10.5. The van der Waals surface area contributed by atoms with Crippen molar-refractivity contribution in [3.8, 4) is 0 Å². The summed E-state index contributed by atoms with van der Waals surface area (Å²) in [6, 6.07) is -0.141. The third-order valence-electron chi connectivity index (χ3n) is 2.26. The number of aryl methyl sites for hydroxylation is 1. The quantitative estimate of drug-likeness (QED) is 0.612. The number of carboxylic acid groups (broad SMARTS) is 1. The summed E-state index contributed by atoms with van der Waals surface area (Å²) in [6.07, 6.45) is 1.60. The summed E-state index contributed by atoms with van der Waals surface area (Å²) < 4.78 is 1.68. The molecule has 6 nitrogen and oxygen atoms in total. The first-order valence-corrected chi connectivity index (χ1v) is 4.43. The molecule has 76 valence electrons. The van der Waals surface area contributed by atoms with Crippen LogP contribution >= 0.6 is 0 Å². The molecule has 14 heavy (non-hydrogen) atoms. The van der Waals surface area contributed by atoms with E-state index < -0.39 is 6.09 Å². The molecule has 0 radical (unpaired) electrons. The molecule has 0 spiro atoms. The number of fused-ring (bicyclic) bond motifs is 1. The van der Waals surface area contributed by atoms with E-state index in [9.17, 15) is 4.79 Å². The molecule has 1 atom stereocenters. The van der Waals surface area contributed by atoms with Gasteiger partial charge in [-0.15, -0.1) is 0 Å². The lowest BCUT2D eigenvalue weighted by atomic mass is 10.0. The van der Waals surface area contributed by atoms with Crippen molar-refractivity contribution in [1.82, 2.24) is 15.1 Å². The molecule has 0 saturated heterocycles. The number of carbonyl (C=O) groups is 1. The Labute approximate surface area is 80.9 Å². The van der Waals surface area contributed by atoms with E-state index in [-0.39, 0.29) is 6.04 Å². The fraction of sp³-hybridized carbons (Fsp3) is 0.500. The summed E-state index contributed by atoms with van der Waals surface area (Å²) in [5.74, 6) is 0.775. The molecule has 2 heterocycles. The molecule has 2 rings (SSSR count). The van der Waals surface area contributed by atoms with Crippen LogP contribution in [0.3, 0.4) is 0 Å². The van der Waals surface area contributed by atoms with Gasteiger partial charge in [-0.25, -0.2) is 4.79 Å². The second-order valence-electron chi connectivity index (χ2n) is 3.32. The first kappa shape index (κ1) is 8.86. The minimum absolute atomic E-state index is 0.141. The highest BCUT2D eigenvalue weighted by atomic mass is 16.4. The van der Waals surface area contributed by atoms with Gasteiger partial charge in [-0.1, -0.05) is 0 Å². The van der Waals surface area contributed by atoms with E-state index in [0.717, 1.165) is 24.3 Å². The van der Waals surface area contributed by atoms with Crippen LogP contribution in [0.15, 0.2) is 6.20 Å². The van der Waals surface area contributed by atoms with Crippen molar-refractivity contribution < 1.29 is 9.90 Å². The first-order valence-electron chi connectivity index (χ1n) is 4.43. The fourth-order valence-corrected chi connectivity index (χ4v) is 1.69. The first-order chi connectivity index (χ1) is 6.66. The average Bonchev–Trinajstić information content (AvgIpc) is 2.45. The van der Waals surface area contributed by atoms with Gasteiger partial charge in [0.15, 0.2) is 5.82 Å². The minimum Gasteiger partial charge on any atom is -0.465 e. The van der Waals surface area contributed by atoms with Crippen LogP contribution < -0.4 is 10.6 Å². The van der Waals surface area contributed by atoms with Crippen LogP contribution in [0.5, 0.6) is 0 Å². The van der Waals surface area contributed by atoms with E-state index in [0.29, 0.717) is 0 Å². The maximum Gasteiger partial charge on any atom is 0.405 e. The molecule has 0 bridgehead atoms. The average molecular weight is 196 g/mol. The lowest BCUT2D eigenvalue weighted by Crippen LogP contribution is -2.31. The number of nitrogens with one attached hydrogen (secondary N) is 2. The smallest absolute Gasteiger partial charge is 0.405 e. The summed E-state index contributed by atoms with van der Waals surface area (Å²) >= 11 is 0. The molecule has 6 heteroatoms. The van der Waals surface area contributed by atoms with E-state index in [1.165, 1.54) is 0 Å². The number of anilines is 1. The van der Waals surface area contributed by atoms with Gasteiger partial charge in [-0.05, 0) is 6.42 Å². The monoisotopic (exact) mass is 196 g/mol. The van der Waals surface area contributed by atoms with E-state index in [1.807, 2.05) is 13.2 Å². The summed E-state index contributed by atoms with van der Waals surface area (Å²) in [7, 11) is 1.82. The van der Waals surface area contributed by atoms with Gasteiger partial charge in [0, 0.05) is 25.4 Å². The third-order valence-corrected chi connectivity index (χ3v) is 2.26. The van der Waals surface area contributed by atoms with Crippen LogP contribution in [-0.2, 0) is 7.05 Å². The molecule has 1 aliphatic heterocycles. The second kappa shape index (κ2) is 3.21. The van der Waals surface area contributed by atoms with Crippen LogP contribution in [0, 0.1) is 0 Å². The van der Waals surface area contributed by atoms with Gasteiger partial charge in [-0.3, -0.25) is 4.68 Å². The maximum absolute atomic E-state index is 10.5. The molecule has 1 amide bonds. The molecule has 1 unspecified atom stereocenters. The van der Waals surface area contributed by atoms with Crippen molar-refractivity contribution in [2.45, 2.75) is 12.5 Å². The van der Waals surface area contributed by atoms with Crippen molar-refractivity contribution in [1.29, 1.82) is 0 Å². The Morgan fingerprint density at radius 2 is 2.64 bits per heavy atom. The van der Waals surface area contributed by atoms with Crippen LogP contribution in [0.1, 0.15) is 18.0 Å². The molecule has 0 aromatic carbocycles. The Kier molecular flexibility index (Phi) is 2.03. The summed E-state index contributed by atoms with van der Waals surface area (Å²) in [6.45, 7) is 0.745. The van der Waals surface area contributed by atoms with Gasteiger partial charge in [0.1, 0.15) is 0 Å². The van der Waals surface area contributed by atoms with Crippen molar-refractivity contribution in [2.75, 3.05) is 11.9 Å². The third kappa shape index (κ3) is 1.50. The Bertz CT molecular complexity index is 360. The van der Waals surface area contributed by atoms with E-state index in [2.05, 4.69) is 15.7 Å². The van der Waals surface area contributed by atoms with Crippen LogP contribution in [0.25, 0.3) is 0 Å². The van der Waals surface area contributed by atoms with E-state index >= 15 is 0 Å². The lowest BCUT2D eigenvalue weighted by molar-refractivity contribution is 0.189. The van der Waals surface area contributed by atoms with E-state index in [1.54, 1.807) is 4.68 Å². The number of amides is 1. The molecular weight excluding hydrogens is 184 g/mol. The Morgan fingerprint density at radius 1 is 1.86 bits per heavy atom. The zero-order chi connectivity index (χ0) is 10.1. The second-order valence-corrected chi connectivity index (χ2v) is 3.32. The number of hydrogen-bond donors (Lipinski definition) is 3. The summed E-state index contributed by atoms with van der Waals surface area (Å²) in [5.41, 5.74) is 0.918. The van der Waals surface area contributed by atoms with Gasteiger partial charge >= 0.3 is 6.09 Å². The predicted molar refractivity (Wildman–Crippen MR) is 50.2 cm³/mol. The zero-order valence-electron chi connectivity index (χ0n) is 7.82. The SMILES string of the molecule is Cn1cc2c(n1)NCCC2NC(=O)O. The topological polar surface area (TPSA) is 79.2 Å². The van der Waals surface area contributed by atoms with Gasteiger partial charge < -0.3 is 15.7 Å². The number of rotatable bonds is 1. The Morgan fingerprint density at radius 3 is 3.36 bits per heavy atom. The molecular formula is C8H12N4O2.